The number of hydrogen-bond donors (Lipinski definition) is 0. The van der Waals surface area contributed by atoms with E-state index in [0.717, 1.165) is 6.54 Å². The van der Waals surface area contributed by atoms with Crippen LogP contribution in [-0.2, 0) is 38.1 Å². The lowest BCUT2D eigenvalue weighted by molar-refractivity contribution is -0.156. The van der Waals surface area contributed by atoms with Gasteiger partial charge in [-0.2, -0.15) is 0 Å². The van der Waals surface area contributed by atoms with Gasteiger partial charge >= 0.3 is 23.9 Å². The summed E-state index contributed by atoms with van der Waals surface area (Å²) >= 11 is 6.54. The van der Waals surface area contributed by atoms with Gasteiger partial charge < -0.3 is 28.7 Å². The lowest BCUT2D eigenvalue weighted by atomic mass is 9.83. The Bertz CT molecular complexity index is 792. The van der Waals surface area contributed by atoms with E-state index in [4.69, 9.17) is 18.9 Å². The van der Waals surface area contributed by atoms with E-state index in [1.807, 2.05) is 38.0 Å². The van der Waals surface area contributed by atoms with E-state index in [2.05, 4.69) is 38.4 Å². The minimum Gasteiger partial charge on any atom is -0.466 e. The molecule has 41 heavy (non-hydrogen) atoms. The second-order valence-corrected chi connectivity index (χ2v) is 14.6. The summed E-state index contributed by atoms with van der Waals surface area (Å²) in [7, 11) is 7.67. The lowest BCUT2D eigenvalue weighted by Gasteiger charge is -2.30. The normalized spacial score (nSPS) is 12.3. The molecule has 1 unspecified atom stereocenters. The molecule has 0 spiro atoms. The third kappa shape index (κ3) is 25.9. The number of likely N-dealkylation sites (N-methyl/N-ethyl adjacent to an activating group) is 2. The zero-order valence-electron chi connectivity index (χ0n) is 26.6. The number of esters is 4. The third-order valence-corrected chi connectivity index (χ3v) is 5.61. The Labute approximate surface area is 266 Å². The highest BCUT2D eigenvalue weighted by atomic mass is 79.9. The average Bonchev–Trinajstić information content (AvgIpc) is 2.78. The molecule has 12 heteroatoms. The van der Waals surface area contributed by atoms with E-state index in [0.29, 0.717) is 45.0 Å². The first-order valence-electron chi connectivity index (χ1n) is 13.1. The van der Waals surface area contributed by atoms with Crippen LogP contribution in [0.5, 0.6) is 0 Å². The molecule has 0 amide bonds. The van der Waals surface area contributed by atoms with Crippen molar-refractivity contribution in [3.05, 3.63) is 12.2 Å². The molecule has 1 atom stereocenters. The fraction of sp³-hybridized carbons (Fsp3) is 0.793. The van der Waals surface area contributed by atoms with Gasteiger partial charge in [0, 0.05) is 18.7 Å². The first kappa shape index (κ1) is 46.5. The molecule has 0 fully saturated rings. The van der Waals surface area contributed by atoms with Gasteiger partial charge in [-0.15, -0.1) is 0 Å². The first-order valence-corrected chi connectivity index (χ1v) is 14.6. The van der Waals surface area contributed by atoms with E-state index in [9.17, 15) is 19.2 Å². The average molecular weight is 721 g/mol. The second-order valence-electron chi connectivity index (χ2n) is 10.8. The minimum absolute atomic E-state index is 0. The summed E-state index contributed by atoms with van der Waals surface area (Å²) < 4.78 is 18.4. The SMILES string of the molecule is C.C=C(C)C(=O)OCCN(C)C.CCOC(=O)C(C)(C)Br.CCOC(=O)C(C)(C)CC(C)(Br)C(=O)OCCN(C)C. The van der Waals surface area contributed by atoms with Crippen LogP contribution in [-0.4, -0.2) is 110 Å². The van der Waals surface area contributed by atoms with E-state index in [-0.39, 0.29) is 31.3 Å². The lowest BCUT2D eigenvalue weighted by Crippen LogP contribution is -2.40. The summed E-state index contributed by atoms with van der Waals surface area (Å²) in [6.45, 7) is 20.3. The largest absolute Gasteiger partial charge is 0.466 e. The van der Waals surface area contributed by atoms with Gasteiger partial charge in [0.15, 0.2) is 0 Å². The quantitative estimate of drug-likeness (QED) is 0.102. The predicted molar refractivity (Wildman–Crippen MR) is 173 cm³/mol. The van der Waals surface area contributed by atoms with Crippen molar-refractivity contribution in [2.75, 3.05) is 67.7 Å². The van der Waals surface area contributed by atoms with Gasteiger partial charge in [-0.3, -0.25) is 14.4 Å². The molecule has 0 aliphatic rings. The molecule has 0 rings (SSSR count). The van der Waals surface area contributed by atoms with Gasteiger partial charge in [0.25, 0.3) is 0 Å². The van der Waals surface area contributed by atoms with Crippen molar-refractivity contribution < 1.29 is 38.1 Å². The molecule has 0 aromatic carbocycles. The monoisotopic (exact) mass is 718 g/mol. The Morgan fingerprint density at radius 2 is 1.10 bits per heavy atom. The van der Waals surface area contributed by atoms with Crippen molar-refractivity contribution in [2.24, 2.45) is 5.41 Å². The molecule has 0 bridgehead atoms. The van der Waals surface area contributed by atoms with Crippen molar-refractivity contribution in [2.45, 2.75) is 77.9 Å². The van der Waals surface area contributed by atoms with Crippen molar-refractivity contribution in [1.29, 1.82) is 0 Å². The predicted octanol–water partition coefficient (Wildman–Crippen LogP) is 5.25. The van der Waals surface area contributed by atoms with E-state index in [1.54, 1.807) is 55.4 Å². The summed E-state index contributed by atoms with van der Waals surface area (Å²) in [6, 6.07) is 0. The van der Waals surface area contributed by atoms with Gasteiger partial charge in [-0.25, -0.2) is 4.79 Å². The first-order chi connectivity index (χ1) is 18.0. The molecule has 10 nitrogen and oxygen atoms in total. The van der Waals surface area contributed by atoms with Crippen molar-refractivity contribution >= 4 is 55.7 Å². The highest BCUT2D eigenvalue weighted by molar-refractivity contribution is 9.10. The maximum atomic E-state index is 12.1. The van der Waals surface area contributed by atoms with Crippen molar-refractivity contribution in [3.8, 4) is 0 Å². The van der Waals surface area contributed by atoms with Crippen LogP contribution in [0.2, 0.25) is 0 Å². The van der Waals surface area contributed by atoms with E-state index < -0.39 is 14.1 Å². The number of rotatable bonds is 14. The molecule has 0 radical (unpaired) electrons. The van der Waals surface area contributed by atoms with Gasteiger partial charge in [0.05, 0.1) is 18.6 Å². The van der Waals surface area contributed by atoms with E-state index in [1.165, 1.54) is 0 Å². The fourth-order valence-electron chi connectivity index (χ4n) is 2.52. The topological polar surface area (TPSA) is 112 Å². The van der Waals surface area contributed by atoms with Crippen molar-refractivity contribution in [3.63, 3.8) is 0 Å². The fourth-order valence-corrected chi connectivity index (χ4v) is 3.45. The highest BCUT2D eigenvalue weighted by Gasteiger charge is 2.42. The number of halogens is 2. The molecule has 0 saturated heterocycles. The van der Waals surface area contributed by atoms with E-state index >= 15 is 0 Å². The molecule has 0 aliphatic carbocycles. The minimum atomic E-state index is -0.907. The van der Waals surface area contributed by atoms with Crippen LogP contribution >= 0.6 is 31.9 Å². The number of carbonyl (C=O) groups excluding carboxylic acids is 4. The van der Waals surface area contributed by atoms with Gasteiger partial charge in [-0.05, 0) is 90.0 Å². The highest BCUT2D eigenvalue weighted by Crippen LogP contribution is 2.35. The van der Waals surface area contributed by atoms with Crippen LogP contribution in [0.15, 0.2) is 12.2 Å². The Balaban J connectivity index is -0.000000275. The summed E-state index contributed by atoms with van der Waals surface area (Å²) in [5.74, 6) is -1.21. The maximum absolute atomic E-state index is 12.1. The second kappa shape index (κ2) is 23.0. The van der Waals surface area contributed by atoms with Crippen molar-refractivity contribution in [1.82, 2.24) is 9.80 Å². The Morgan fingerprint density at radius 1 is 0.707 bits per heavy atom. The van der Waals surface area contributed by atoms with Gasteiger partial charge in [0.1, 0.15) is 21.9 Å². The summed E-state index contributed by atoms with van der Waals surface area (Å²) in [5, 5.41) is 0. The molecule has 0 saturated carbocycles. The molecule has 0 aromatic rings. The number of hydrogen-bond acceptors (Lipinski definition) is 10. The molecule has 0 N–H and O–H groups in total. The standard InChI is InChI=1S/C14H26BrNO4.C8H15NO2.C6H11BrO2.CH4/c1-7-19-11(17)13(2,3)10-14(4,15)12(18)20-9-8-16(5)6;1-7(2)8(10)11-6-5-9(3)4;1-4-9-5(8)6(2,3)7;/h7-10H2,1-6H3;1,5-6H2,2-4H3;4H2,1-3H3;1H4. The smallest absolute Gasteiger partial charge is 0.333 e. The third-order valence-electron chi connectivity index (χ3n) is 4.68. The van der Waals surface area contributed by atoms with Crippen LogP contribution in [0.3, 0.4) is 0 Å². The zero-order valence-corrected chi connectivity index (χ0v) is 29.7. The summed E-state index contributed by atoms with van der Waals surface area (Å²) in [4.78, 5) is 49.4. The maximum Gasteiger partial charge on any atom is 0.333 e. The molecule has 0 aromatic heterocycles. The van der Waals surface area contributed by atoms with Crippen LogP contribution in [0.25, 0.3) is 0 Å². The van der Waals surface area contributed by atoms with Crippen LogP contribution in [0.4, 0.5) is 0 Å². The summed E-state index contributed by atoms with van der Waals surface area (Å²) in [5.41, 5.74) is -0.307. The molecular formula is C29H56Br2N2O8. The van der Waals surface area contributed by atoms with Crippen LogP contribution in [0.1, 0.15) is 69.2 Å². The number of nitrogens with zero attached hydrogens (tertiary/aromatic N) is 2. The molecule has 244 valence electrons. The van der Waals surface area contributed by atoms with Crippen LogP contribution < -0.4 is 0 Å². The molecule has 0 aliphatic heterocycles. The zero-order chi connectivity index (χ0) is 32.3. The van der Waals surface area contributed by atoms with Gasteiger partial charge in [-0.1, -0.05) is 45.9 Å². The van der Waals surface area contributed by atoms with Crippen LogP contribution in [0, 0.1) is 5.41 Å². The van der Waals surface area contributed by atoms with Gasteiger partial charge in [0.2, 0.25) is 0 Å². The number of alkyl halides is 2. The Kier molecular flexibility index (Phi) is 26.1. The Hall–Kier alpha value is -1.50. The summed E-state index contributed by atoms with van der Waals surface area (Å²) in [6.07, 6.45) is 0.305. The Morgan fingerprint density at radius 3 is 1.41 bits per heavy atom. The number of carbonyl (C=O) groups is 4. The molecule has 0 heterocycles. The molecular weight excluding hydrogens is 664 g/mol. The number of ether oxygens (including phenoxy) is 4.